The lowest BCUT2D eigenvalue weighted by molar-refractivity contribution is -0.151. The van der Waals surface area contributed by atoms with Crippen molar-refractivity contribution in [1.82, 2.24) is 9.63 Å². The van der Waals surface area contributed by atoms with Crippen LogP contribution in [0.2, 0.25) is 5.02 Å². The number of carboxylic acid groups (broad SMARTS) is 1. The number of rotatable bonds is 3. The van der Waals surface area contributed by atoms with Crippen molar-refractivity contribution in [3.63, 3.8) is 0 Å². The van der Waals surface area contributed by atoms with E-state index in [1.54, 1.807) is 37.5 Å². The van der Waals surface area contributed by atoms with Crippen LogP contribution >= 0.6 is 11.6 Å². The van der Waals surface area contributed by atoms with Gasteiger partial charge >= 0.3 is 12.1 Å². The molecule has 1 aromatic heterocycles. The van der Waals surface area contributed by atoms with Gasteiger partial charge in [-0.3, -0.25) is 4.79 Å². The number of hydrogen-bond acceptors (Lipinski definition) is 5. The van der Waals surface area contributed by atoms with Crippen LogP contribution < -0.4 is 0 Å². The fourth-order valence-corrected chi connectivity index (χ4v) is 3.33. The van der Waals surface area contributed by atoms with Gasteiger partial charge in [0.1, 0.15) is 12.1 Å². The molecule has 1 aromatic carbocycles. The molecule has 140 valence electrons. The molecule has 3 rings (SSSR count). The summed E-state index contributed by atoms with van der Waals surface area (Å²) in [5.74, 6) is -0.919. The zero-order valence-corrected chi connectivity index (χ0v) is 15.7. The minimum absolute atomic E-state index is 0.140. The van der Waals surface area contributed by atoms with Gasteiger partial charge in [0.15, 0.2) is 0 Å². The topological polar surface area (TPSA) is 81.0 Å². The van der Waals surface area contributed by atoms with Crippen molar-refractivity contribution in [3.05, 3.63) is 34.5 Å². The van der Waals surface area contributed by atoms with Gasteiger partial charge in [0.05, 0.1) is 12.1 Å². The van der Waals surface area contributed by atoms with Crippen LogP contribution in [0.15, 0.2) is 18.2 Å². The van der Waals surface area contributed by atoms with Crippen molar-refractivity contribution in [3.8, 4) is 0 Å². The molecule has 7 nitrogen and oxygen atoms in total. The van der Waals surface area contributed by atoms with Crippen molar-refractivity contribution in [2.45, 2.75) is 45.9 Å². The van der Waals surface area contributed by atoms with Crippen LogP contribution in [-0.4, -0.2) is 39.0 Å². The van der Waals surface area contributed by atoms with E-state index in [0.29, 0.717) is 24.5 Å². The van der Waals surface area contributed by atoms with Gasteiger partial charge in [-0.2, -0.15) is 0 Å². The highest BCUT2D eigenvalue weighted by Gasteiger charge is 2.28. The van der Waals surface area contributed by atoms with E-state index in [-0.39, 0.29) is 6.54 Å². The summed E-state index contributed by atoms with van der Waals surface area (Å²) in [6, 6.07) is 5.39. The minimum atomic E-state index is -0.919. The second-order valence-corrected chi connectivity index (χ2v) is 7.67. The number of hydroxylamine groups is 2. The maximum absolute atomic E-state index is 11.9. The number of carbonyl (C=O) groups excluding carboxylic acids is 1. The van der Waals surface area contributed by atoms with Gasteiger partial charge in [0, 0.05) is 29.1 Å². The van der Waals surface area contributed by atoms with Crippen molar-refractivity contribution in [1.29, 1.82) is 0 Å². The van der Waals surface area contributed by atoms with Gasteiger partial charge < -0.3 is 19.2 Å². The van der Waals surface area contributed by atoms with E-state index in [1.807, 2.05) is 6.07 Å². The third-order valence-electron chi connectivity index (χ3n) is 4.07. The zero-order valence-electron chi connectivity index (χ0n) is 14.9. The molecule has 0 fully saturated rings. The number of carbonyl (C=O) groups is 2. The molecule has 26 heavy (non-hydrogen) atoms. The van der Waals surface area contributed by atoms with Gasteiger partial charge in [-0.15, -0.1) is 5.06 Å². The summed E-state index contributed by atoms with van der Waals surface area (Å²) >= 11 is 6.09. The van der Waals surface area contributed by atoms with E-state index in [1.165, 1.54) is 5.06 Å². The molecule has 2 aromatic rings. The Morgan fingerprint density at radius 3 is 2.69 bits per heavy atom. The molecule has 0 spiro atoms. The maximum atomic E-state index is 11.9. The third-order valence-corrected chi connectivity index (χ3v) is 4.30. The highest BCUT2D eigenvalue weighted by Crippen LogP contribution is 2.32. The summed E-state index contributed by atoms with van der Waals surface area (Å²) < 4.78 is 6.95. The average Bonchev–Trinajstić information content (AvgIpc) is 2.78. The zero-order chi connectivity index (χ0) is 19.1. The van der Waals surface area contributed by atoms with Crippen LogP contribution in [0.4, 0.5) is 4.79 Å². The van der Waals surface area contributed by atoms with Crippen LogP contribution in [0.5, 0.6) is 0 Å². The highest BCUT2D eigenvalue weighted by atomic mass is 35.5. The Balaban J connectivity index is 1.90. The molecule has 0 atom stereocenters. The lowest BCUT2D eigenvalue weighted by Gasteiger charge is -2.27. The van der Waals surface area contributed by atoms with Gasteiger partial charge in [-0.05, 0) is 38.5 Å². The van der Waals surface area contributed by atoms with E-state index in [9.17, 15) is 14.7 Å². The molecule has 0 unspecified atom stereocenters. The van der Waals surface area contributed by atoms with Crippen molar-refractivity contribution < 1.29 is 24.3 Å². The predicted molar refractivity (Wildman–Crippen MR) is 96.0 cm³/mol. The summed E-state index contributed by atoms with van der Waals surface area (Å²) in [5.41, 5.74) is 2.00. The molecule has 2 heterocycles. The van der Waals surface area contributed by atoms with Crippen LogP contribution in [0, 0.1) is 0 Å². The van der Waals surface area contributed by atoms with Crippen molar-refractivity contribution >= 4 is 34.6 Å². The van der Waals surface area contributed by atoms with Crippen LogP contribution in [-0.2, 0) is 33.9 Å². The first kappa shape index (κ1) is 18.5. The monoisotopic (exact) mass is 380 g/mol. The molecule has 0 saturated heterocycles. The molecule has 1 aliphatic heterocycles. The van der Waals surface area contributed by atoms with E-state index in [2.05, 4.69) is 0 Å². The molecule has 0 bridgehead atoms. The molecular formula is C18H21ClN2O5. The Kier molecular flexibility index (Phi) is 4.86. The molecule has 0 saturated carbocycles. The maximum Gasteiger partial charge on any atom is 0.528 e. The van der Waals surface area contributed by atoms with Crippen molar-refractivity contribution in [2.75, 3.05) is 6.54 Å². The summed E-state index contributed by atoms with van der Waals surface area (Å²) in [4.78, 5) is 28.5. The van der Waals surface area contributed by atoms with Crippen LogP contribution in [0.3, 0.4) is 0 Å². The fourth-order valence-electron chi connectivity index (χ4n) is 3.16. The second-order valence-electron chi connectivity index (χ2n) is 7.24. The summed E-state index contributed by atoms with van der Waals surface area (Å²) in [5, 5.41) is 12.2. The number of aromatic nitrogens is 1. The van der Waals surface area contributed by atoms with Crippen molar-refractivity contribution in [2.24, 2.45) is 0 Å². The number of fused-ring (bicyclic) bond motifs is 3. The van der Waals surface area contributed by atoms with Crippen LogP contribution in [0.1, 0.15) is 32.0 Å². The van der Waals surface area contributed by atoms with E-state index < -0.39 is 17.7 Å². The number of benzene rings is 1. The molecular weight excluding hydrogens is 360 g/mol. The highest BCUT2D eigenvalue weighted by molar-refractivity contribution is 6.31. The summed E-state index contributed by atoms with van der Waals surface area (Å²) in [6.45, 7) is 5.98. The lowest BCUT2D eigenvalue weighted by Crippen LogP contribution is -2.36. The summed E-state index contributed by atoms with van der Waals surface area (Å²) in [6.07, 6.45) is -0.198. The predicted octanol–water partition coefficient (Wildman–Crippen LogP) is 3.60. The van der Waals surface area contributed by atoms with Gasteiger partial charge in [0.2, 0.25) is 0 Å². The first-order chi connectivity index (χ1) is 12.1. The standard InChI is InChI=1S/C18H21ClN2O5/c1-18(2,3)25-17(24)26-20-7-6-14-13(9-20)12-5-4-11(19)8-15(12)21(14)10-16(22)23/h4-5,8H,6-7,9-10H2,1-3H3,(H,22,23). The lowest BCUT2D eigenvalue weighted by atomic mass is 10.1. The smallest absolute Gasteiger partial charge is 0.480 e. The molecule has 0 amide bonds. The Morgan fingerprint density at radius 1 is 1.31 bits per heavy atom. The van der Waals surface area contributed by atoms with Gasteiger partial charge in [-0.25, -0.2) is 4.79 Å². The molecule has 1 aliphatic rings. The Bertz CT molecular complexity index is 869. The van der Waals surface area contributed by atoms with Crippen LogP contribution in [0.25, 0.3) is 10.9 Å². The molecule has 0 radical (unpaired) electrons. The number of halogens is 1. The van der Waals surface area contributed by atoms with E-state index in [0.717, 1.165) is 22.2 Å². The number of ether oxygens (including phenoxy) is 1. The minimum Gasteiger partial charge on any atom is -0.480 e. The summed E-state index contributed by atoms with van der Waals surface area (Å²) in [7, 11) is 0. The molecule has 0 aliphatic carbocycles. The first-order valence-corrected chi connectivity index (χ1v) is 8.69. The van der Waals surface area contributed by atoms with E-state index >= 15 is 0 Å². The number of nitrogens with zero attached hydrogens (tertiary/aromatic N) is 2. The fraction of sp³-hybridized carbons (Fsp3) is 0.444. The number of hydrogen-bond donors (Lipinski definition) is 1. The van der Waals surface area contributed by atoms with E-state index in [4.69, 9.17) is 21.2 Å². The van der Waals surface area contributed by atoms with Gasteiger partial charge in [-0.1, -0.05) is 17.7 Å². The Labute approximate surface area is 156 Å². The quantitative estimate of drug-likeness (QED) is 0.819. The Morgan fingerprint density at radius 2 is 2.04 bits per heavy atom. The van der Waals surface area contributed by atoms with Gasteiger partial charge in [0.25, 0.3) is 0 Å². The average molecular weight is 381 g/mol. The third kappa shape index (κ3) is 3.94. The number of carboxylic acids is 1. The Hall–Kier alpha value is -2.25. The SMILES string of the molecule is CC(C)(C)OC(=O)ON1CCc2c(c3ccc(Cl)cc3n2CC(=O)O)C1. The second kappa shape index (κ2) is 6.81. The largest absolute Gasteiger partial charge is 0.528 e. The first-order valence-electron chi connectivity index (χ1n) is 8.31. The molecule has 1 N–H and O–H groups in total. The normalized spacial score (nSPS) is 14.9. The molecule has 8 heteroatoms. The number of aliphatic carboxylic acids is 1.